The summed E-state index contributed by atoms with van der Waals surface area (Å²) in [6, 6.07) is 3.21. The molecule has 0 saturated heterocycles. The Labute approximate surface area is 137 Å². The zero-order chi connectivity index (χ0) is 16.7. The van der Waals surface area contributed by atoms with Crippen molar-refractivity contribution in [3.8, 4) is 0 Å². The Bertz CT molecular complexity index is 493. The summed E-state index contributed by atoms with van der Waals surface area (Å²) in [5, 5.41) is 15.8. The van der Waals surface area contributed by atoms with Gasteiger partial charge in [-0.3, -0.25) is 0 Å². The maximum atomic E-state index is 11.7. The molecule has 2 rings (SSSR count). The van der Waals surface area contributed by atoms with Crippen molar-refractivity contribution in [1.29, 1.82) is 0 Å². The SMILES string of the molecule is Cc1ccc(C(C)(O)CNC(=O)NCCCOC2CCCC2)o1. The molecule has 1 aromatic rings. The van der Waals surface area contributed by atoms with Gasteiger partial charge in [0.25, 0.3) is 0 Å². The lowest BCUT2D eigenvalue weighted by Crippen LogP contribution is -2.43. The van der Waals surface area contributed by atoms with Gasteiger partial charge in [0.1, 0.15) is 17.1 Å². The van der Waals surface area contributed by atoms with Crippen LogP contribution in [0.4, 0.5) is 4.79 Å². The average Bonchev–Trinajstić information content (AvgIpc) is 3.16. The Morgan fingerprint density at radius 1 is 1.39 bits per heavy atom. The number of hydrogen-bond acceptors (Lipinski definition) is 4. The van der Waals surface area contributed by atoms with Crippen molar-refractivity contribution in [1.82, 2.24) is 10.6 Å². The highest BCUT2D eigenvalue weighted by atomic mass is 16.5. The molecule has 1 aliphatic carbocycles. The Morgan fingerprint density at radius 3 is 2.78 bits per heavy atom. The number of amides is 2. The van der Waals surface area contributed by atoms with E-state index in [2.05, 4.69) is 10.6 Å². The Hall–Kier alpha value is -1.53. The summed E-state index contributed by atoms with van der Waals surface area (Å²) in [7, 11) is 0. The van der Waals surface area contributed by atoms with E-state index in [1.54, 1.807) is 19.1 Å². The third-order valence-electron chi connectivity index (χ3n) is 4.13. The minimum Gasteiger partial charge on any atom is -0.463 e. The third kappa shape index (κ3) is 5.88. The molecule has 1 heterocycles. The van der Waals surface area contributed by atoms with Gasteiger partial charge in [0, 0.05) is 13.2 Å². The smallest absolute Gasteiger partial charge is 0.314 e. The highest BCUT2D eigenvalue weighted by molar-refractivity contribution is 5.73. The van der Waals surface area contributed by atoms with Crippen molar-refractivity contribution in [2.45, 2.75) is 57.7 Å². The molecule has 23 heavy (non-hydrogen) atoms. The zero-order valence-electron chi connectivity index (χ0n) is 14.1. The minimum atomic E-state index is -1.23. The van der Waals surface area contributed by atoms with Crippen LogP contribution in [0.15, 0.2) is 16.5 Å². The molecule has 0 aliphatic heterocycles. The number of aliphatic hydroxyl groups is 1. The summed E-state index contributed by atoms with van der Waals surface area (Å²) in [5.74, 6) is 1.17. The quantitative estimate of drug-likeness (QED) is 0.641. The monoisotopic (exact) mass is 324 g/mol. The van der Waals surface area contributed by atoms with E-state index in [1.807, 2.05) is 6.92 Å². The van der Waals surface area contributed by atoms with Crippen molar-refractivity contribution in [2.24, 2.45) is 0 Å². The Morgan fingerprint density at radius 2 is 2.13 bits per heavy atom. The molecule has 1 atom stereocenters. The van der Waals surface area contributed by atoms with Crippen molar-refractivity contribution >= 4 is 6.03 Å². The van der Waals surface area contributed by atoms with Crippen molar-refractivity contribution in [3.05, 3.63) is 23.7 Å². The summed E-state index contributed by atoms with van der Waals surface area (Å²) < 4.78 is 11.1. The van der Waals surface area contributed by atoms with Gasteiger partial charge in [0.15, 0.2) is 0 Å². The molecule has 6 heteroatoms. The molecule has 3 N–H and O–H groups in total. The second kappa shape index (κ2) is 8.36. The molecule has 1 aromatic heterocycles. The van der Waals surface area contributed by atoms with Crippen LogP contribution in [0.5, 0.6) is 0 Å². The van der Waals surface area contributed by atoms with E-state index in [0.717, 1.165) is 25.0 Å². The van der Waals surface area contributed by atoms with Gasteiger partial charge in [-0.2, -0.15) is 0 Å². The molecule has 0 spiro atoms. The minimum absolute atomic E-state index is 0.0877. The first kappa shape index (κ1) is 17.8. The van der Waals surface area contributed by atoms with Gasteiger partial charge in [0.2, 0.25) is 0 Å². The van der Waals surface area contributed by atoms with E-state index >= 15 is 0 Å². The fraction of sp³-hybridized carbons (Fsp3) is 0.706. The lowest BCUT2D eigenvalue weighted by Gasteiger charge is -2.21. The maximum Gasteiger partial charge on any atom is 0.314 e. The topological polar surface area (TPSA) is 83.7 Å². The van der Waals surface area contributed by atoms with Gasteiger partial charge in [-0.05, 0) is 45.2 Å². The number of aryl methyl sites for hydroxylation is 1. The van der Waals surface area contributed by atoms with Gasteiger partial charge >= 0.3 is 6.03 Å². The van der Waals surface area contributed by atoms with Gasteiger partial charge < -0.3 is 24.9 Å². The predicted molar refractivity (Wildman–Crippen MR) is 87.2 cm³/mol. The number of carbonyl (C=O) groups is 1. The summed E-state index contributed by atoms with van der Waals surface area (Å²) >= 11 is 0. The molecule has 1 fully saturated rings. The number of urea groups is 1. The lowest BCUT2D eigenvalue weighted by atomic mass is 10.0. The number of hydrogen-bond donors (Lipinski definition) is 3. The molecule has 0 bridgehead atoms. The van der Waals surface area contributed by atoms with E-state index < -0.39 is 5.60 Å². The molecular weight excluding hydrogens is 296 g/mol. The summed E-state index contributed by atoms with van der Waals surface area (Å²) in [6.07, 6.45) is 6.05. The fourth-order valence-corrected chi connectivity index (χ4v) is 2.71. The first-order valence-corrected chi connectivity index (χ1v) is 8.40. The molecule has 0 radical (unpaired) electrons. The molecule has 0 aromatic carbocycles. The normalized spacial score (nSPS) is 17.9. The van der Waals surface area contributed by atoms with Crippen LogP contribution in [0.3, 0.4) is 0 Å². The van der Waals surface area contributed by atoms with Crippen molar-refractivity contribution in [3.63, 3.8) is 0 Å². The first-order chi connectivity index (χ1) is 11.0. The maximum absolute atomic E-state index is 11.7. The number of rotatable bonds is 8. The van der Waals surface area contributed by atoms with Gasteiger partial charge in [-0.15, -0.1) is 0 Å². The van der Waals surface area contributed by atoms with E-state index in [9.17, 15) is 9.90 Å². The van der Waals surface area contributed by atoms with Crippen LogP contribution >= 0.6 is 0 Å². The van der Waals surface area contributed by atoms with E-state index in [0.29, 0.717) is 25.0 Å². The van der Waals surface area contributed by atoms with Gasteiger partial charge in [-0.25, -0.2) is 4.79 Å². The molecule has 6 nitrogen and oxygen atoms in total. The highest BCUT2D eigenvalue weighted by Gasteiger charge is 2.27. The van der Waals surface area contributed by atoms with Crippen LogP contribution in [0.25, 0.3) is 0 Å². The van der Waals surface area contributed by atoms with Crippen LogP contribution in [-0.4, -0.2) is 36.9 Å². The molecule has 1 aliphatic rings. The van der Waals surface area contributed by atoms with Crippen molar-refractivity contribution < 1.29 is 19.1 Å². The van der Waals surface area contributed by atoms with Crippen LogP contribution < -0.4 is 10.6 Å². The second-order valence-corrected chi connectivity index (χ2v) is 6.42. The lowest BCUT2D eigenvalue weighted by molar-refractivity contribution is 0.0358. The number of nitrogens with one attached hydrogen (secondary N) is 2. The number of ether oxygens (including phenoxy) is 1. The summed E-state index contributed by atoms with van der Waals surface area (Å²) in [4.78, 5) is 11.7. The van der Waals surface area contributed by atoms with Crippen LogP contribution in [0.1, 0.15) is 50.5 Å². The van der Waals surface area contributed by atoms with Gasteiger partial charge in [-0.1, -0.05) is 12.8 Å². The standard InChI is InChI=1S/C17H28N2O4/c1-13-8-9-15(23-13)17(2,21)12-19-16(20)18-10-5-11-22-14-6-3-4-7-14/h8-9,14,21H,3-7,10-12H2,1-2H3,(H2,18,19,20). The van der Waals surface area contributed by atoms with Crippen molar-refractivity contribution in [2.75, 3.05) is 19.7 Å². The third-order valence-corrected chi connectivity index (χ3v) is 4.13. The van der Waals surface area contributed by atoms with E-state index in [-0.39, 0.29) is 12.6 Å². The number of carbonyl (C=O) groups excluding carboxylic acids is 1. The predicted octanol–water partition coefficient (Wildman–Crippen LogP) is 2.44. The Kier molecular flexibility index (Phi) is 6.47. The van der Waals surface area contributed by atoms with Crippen LogP contribution in [0, 0.1) is 6.92 Å². The molecule has 1 unspecified atom stereocenters. The van der Waals surface area contributed by atoms with E-state index in [4.69, 9.17) is 9.15 Å². The number of furan rings is 1. The van der Waals surface area contributed by atoms with E-state index in [1.165, 1.54) is 12.8 Å². The highest BCUT2D eigenvalue weighted by Crippen LogP contribution is 2.22. The fourth-order valence-electron chi connectivity index (χ4n) is 2.71. The van der Waals surface area contributed by atoms with Crippen LogP contribution in [0.2, 0.25) is 0 Å². The summed E-state index contributed by atoms with van der Waals surface area (Å²) in [6.45, 7) is 4.74. The van der Waals surface area contributed by atoms with Crippen LogP contribution in [-0.2, 0) is 10.3 Å². The first-order valence-electron chi connectivity index (χ1n) is 8.40. The largest absolute Gasteiger partial charge is 0.463 e. The van der Waals surface area contributed by atoms with Gasteiger partial charge in [0.05, 0.1) is 12.6 Å². The average molecular weight is 324 g/mol. The molecule has 130 valence electrons. The Balaban J connectivity index is 1.57. The zero-order valence-corrected chi connectivity index (χ0v) is 14.1. The second-order valence-electron chi connectivity index (χ2n) is 6.42. The molecule has 1 saturated carbocycles. The molecule has 2 amide bonds. The summed E-state index contributed by atoms with van der Waals surface area (Å²) in [5.41, 5.74) is -1.23. The molecular formula is C17H28N2O4.